The maximum absolute atomic E-state index is 12.5. The maximum atomic E-state index is 12.5. The minimum atomic E-state index is -0.702. The van der Waals surface area contributed by atoms with Crippen LogP contribution in [0.2, 0.25) is 0 Å². The number of carbonyl (C=O) groups excluding carboxylic acids is 2. The summed E-state index contributed by atoms with van der Waals surface area (Å²) in [5, 5.41) is 3.05. The Kier molecular flexibility index (Phi) is 4.74. The van der Waals surface area contributed by atoms with Crippen LogP contribution in [0.15, 0.2) is 16.9 Å². The van der Waals surface area contributed by atoms with E-state index < -0.39 is 23.5 Å². The van der Waals surface area contributed by atoms with E-state index in [4.69, 9.17) is 4.74 Å². The summed E-state index contributed by atoms with van der Waals surface area (Å²) in [5.74, 6) is -0.905. The number of nitrogens with zero attached hydrogens (tertiary/aromatic N) is 1. The van der Waals surface area contributed by atoms with Crippen molar-refractivity contribution in [3.63, 3.8) is 0 Å². The van der Waals surface area contributed by atoms with Gasteiger partial charge in [0.25, 0.3) is 11.5 Å². The number of aryl methyl sites for hydroxylation is 1. The molecule has 1 atom stereocenters. The number of hydrogen-bond acceptors (Lipinski definition) is 5. The quantitative estimate of drug-likeness (QED) is 0.744. The number of piperazine rings is 1. The molecule has 0 bridgehead atoms. The highest BCUT2D eigenvalue weighted by molar-refractivity contribution is 5.96. The van der Waals surface area contributed by atoms with Crippen LogP contribution >= 0.6 is 0 Å². The first-order valence-electron chi connectivity index (χ1n) is 6.93. The molecule has 1 aliphatic heterocycles. The van der Waals surface area contributed by atoms with E-state index in [1.807, 2.05) is 0 Å². The first-order chi connectivity index (χ1) is 10.0. The van der Waals surface area contributed by atoms with Gasteiger partial charge in [0.2, 0.25) is 0 Å². The van der Waals surface area contributed by atoms with Crippen molar-refractivity contribution in [1.82, 2.24) is 15.2 Å². The molecule has 1 aliphatic rings. The molecule has 1 saturated heterocycles. The topological polar surface area (TPSA) is 91.5 Å². The molecule has 2 rings (SSSR count). The molecule has 7 nitrogen and oxygen atoms in total. The Morgan fingerprint density at radius 1 is 1.43 bits per heavy atom. The highest BCUT2D eigenvalue weighted by Crippen LogP contribution is 2.10. The van der Waals surface area contributed by atoms with Gasteiger partial charge in [-0.05, 0) is 26.0 Å². The van der Waals surface area contributed by atoms with E-state index in [1.54, 1.807) is 19.9 Å². The molecule has 2 heterocycles. The number of nitrogens with one attached hydrogen (secondary N) is 2. The van der Waals surface area contributed by atoms with Gasteiger partial charge in [-0.15, -0.1) is 0 Å². The fraction of sp³-hybridized carbons (Fsp3) is 0.500. The lowest BCUT2D eigenvalue weighted by atomic mass is 10.1. The summed E-state index contributed by atoms with van der Waals surface area (Å²) in [7, 11) is 0. The predicted octanol–water partition coefficient (Wildman–Crippen LogP) is -0.340. The molecule has 2 N–H and O–H groups in total. The molecule has 0 radical (unpaired) electrons. The van der Waals surface area contributed by atoms with Gasteiger partial charge in [0.15, 0.2) is 0 Å². The first-order valence-corrected chi connectivity index (χ1v) is 6.93. The molecule has 0 spiro atoms. The van der Waals surface area contributed by atoms with Gasteiger partial charge in [0.05, 0.1) is 6.61 Å². The van der Waals surface area contributed by atoms with Gasteiger partial charge in [-0.3, -0.25) is 9.59 Å². The molecular weight excluding hydrogens is 274 g/mol. The van der Waals surface area contributed by atoms with Gasteiger partial charge in [0, 0.05) is 25.3 Å². The third kappa shape index (κ3) is 3.30. The molecule has 1 fully saturated rings. The summed E-state index contributed by atoms with van der Waals surface area (Å²) >= 11 is 0. The third-order valence-corrected chi connectivity index (χ3v) is 3.35. The van der Waals surface area contributed by atoms with Gasteiger partial charge in [-0.2, -0.15) is 0 Å². The second-order valence-electron chi connectivity index (χ2n) is 4.85. The lowest BCUT2D eigenvalue weighted by Crippen LogP contribution is -2.58. The zero-order valence-electron chi connectivity index (χ0n) is 12.1. The largest absolute Gasteiger partial charge is 0.464 e. The predicted molar refractivity (Wildman–Crippen MR) is 76.1 cm³/mol. The smallest absolute Gasteiger partial charge is 0.330 e. The summed E-state index contributed by atoms with van der Waals surface area (Å²) < 4.78 is 4.99. The van der Waals surface area contributed by atoms with Crippen molar-refractivity contribution in [3.8, 4) is 0 Å². The molecule has 1 aromatic rings. The first kappa shape index (κ1) is 15.2. The fourth-order valence-corrected chi connectivity index (χ4v) is 2.29. The average Bonchev–Trinajstić information content (AvgIpc) is 2.47. The summed E-state index contributed by atoms with van der Waals surface area (Å²) in [5.41, 5.74) is 0.275. The molecule has 1 aromatic heterocycles. The van der Waals surface area contributed by atoms with Gasteiger partial charge >= 0.3 is 5.97 Å². The van der Waals surface area contributed by atoms with Gasteiger partial charge in [-0.25, -0.2) is 4.79 Å². The highest BCUT2D eigenvalue weighted by Gasteiger charge is 2.34. The molecule has 0 saturated carbocycles. The Bertz CT molecular complexity index is 596. The van der Waals surface area contributed by atoms with Gasteiger partial charge < -0.3 is 19.9 Å². The Balaban J connectivity index is 2.26. The highest BCUT2D eigenvalue weighted by atomic mass is 16.5. The Morgan fingerprint density at radius 3 is 2.86 bits per heavy atom. The number of H-pyrrole nitrogens is 1. The summed E-state index contributed by atoms with van der Waals surface area (Å²) in [6.45, 7) is 4.96. The number of hydrogen-bond donors (Lipinski definition) is 2. The Labute approximate surface area is 122 Å². The Morgan fingerprint density at radius 2 is 2.19 bits per heavy atom. The van der Waals surface area contributed by atoms with E-state index in [-0.39, 0.29) is 12.2 Å². The standard InChI is InChI=1S/C14H19N3O4/c1-3-21-14(20)11-8-15-6-7-17(11)13(19)10-5-4-9(2)16-12(10)18/h4-5,11,15H,3,6-8H2,1-2H3,(H,16,18). The zero-order chi connectivity index (χ0) is 15.4. The molecule has 7 heteroatoms. The van der Waals surface area contributed by atoms with E-state index in [9.17, 15) is 14.4 Å². The van der Waals surface area contributed by atoms with Crippen LogP contribution in [0.1, 0.15) is 23.0 Å². The monoisotopic (exact) mass is 293 g/mol. The van der Waals surface area contributed by atoms with Crippen LogP contribution in [-0.4, -0.2) is 54.0 Å². The molecule has 21 heavy (non-hydrogen) atoms. The van der Waals surface area contributed by atoms with Crippen LogP contribution in [0.25, 0.3) is 0 Å². The third-order valence-electron chi connectivity index (χ3n) is 3.35. The summed E-state index contributed by atoms with van der Waals surface area (Å²) in [6, 6.07) is 2.45. The van der Waals surface area contributed by atoms with Gasteiger partial charge in [-0.1, -0.05) is 0 Å². The molecule has 1 unspecified atom stereocenters. The van der Waals surface area contributed by atoms with Crippen molar-refractivity contribution < 1.29 is 14.3 Å². The van der Waals surface area contributed by atoms with Crippen LogP contribution in [0.5, 0.6) is 0 Å². The molecule has 114 valence electrons. The number of aromatic nitrogens is 1. The van der Waals surface area contributed by atoms with Crippen molar-refractivity contribution in [1.29, 1.82) is 0 Å². The minimum absolute atomic E-state index is 0.0387. The van der Waals surface area contributed by atoms with E-state index in [1.165, 1.54) is 11.0 Å². The zero-order valence-corrected chi connectivity index (χ0v) is 12.1. The summed E-state index contributed by atoms with van der Waals surface area (Å²) in [6.07, 6.45) is 0. The number of ether oxygens (including phenoxy) is 1. The van der Waals surface area contributed by atoms with Crippen molar-refractivity contribution in [2.75, 3.05) is 26.2 Å². The second-order valence-corrected chi connectivity index (χ2v) is 4.85. The fourth-order valence-electron chi connectivity index (χ4n) is 2.29. The number of amides is 1. The van der Waals surface area contributed by atoms with Crippen LogP contribution in [0.3, 0.4) is 0 Å². The normalized spacial score (nSPS) is 18.4. The second kappa shape index (κ2) is 6.53. The SMILES string of the molecule is CCOC(=O)C1CNCCN1C(=O)c1ccc(C)[nH]c1=O. The number of aromatic amines is 1. The maximum Gasteiger partial charge on any atom is 0.330 e. The van der Waals surface area contributed by atoms with Crippen LogP contribution in [0.4, 0.5) is 0 Å². The lowest BCUT2D eigenvalue weighted by Gasteiger charge is -2.34. The molecule has 0 aromatic carbocycles. The number of rotatable bonds is 3. The van der Waals surface area contributed by atoms with E-state index in [0.29, 0.717) is 25.3 Å². The molecule has 0 aliphatic carbocycles. The van der Waals surface area contributed by atoms with Crippen LogP contribution in [0, 0.1) is 6.92 Å². The van der Waals surface area contributed by atoms with E-state index in [0.717, 1.165) is 0 Å². The number of esters is 1. The van der Waals surface area contributed by atoms with Crippen LogP contribution in [-0.2, 0) is 9.53 Å². The Hall–Kier alpha value is -2.15. The lowest BCUT2D eigenvalue weighted by molar-refractivity contribution is -0.149. The van der Waals surface area contributed by atoms with E-state index >= 15 is 0 Å². The molecule has 1 amide bonds. The number of pyridine rings is 1. The van der Waals surface area contributed by atoms with Crippen LogP contribution < -0.4 is 10.9 Å². The molecular formula is C14H19N3O4. The number of carbonyl (C=O) groups is 2. The van der Waals surface area contributed by atoms with Crippen molar-refractivity contribution >= 4 is 11.9 Å². The van der Waals surface area contributed by atoms with Crippen molar-refractivity contribution in [3.05, 3.63) is 33.7 Å². The van der Waals surface area contributed by atoms with E-state index in [2.05, 4.69) is 10.3 Å². The van der Waals surface area contributed by atoms with Gasteiger partial charge in [0.1, 0.15) is 11.6 Å². The van der Waals surface area contributed by atoms with Crippen molar-refractivity contribution in [2.45, 2.75) is 19.9 Å². The summed E-state index contributed by atoms with van der Waals surface area (Å²) in [4.78, 5) is 40.3. The minimum Gasteiger partial charge on any atom is -0.464 e. The van der Waals surface area contributed by atoms with Crippen molar-refractivity contribution in [2.24, 2.45) is 0 Å². The average molecular weight is 293 g/mol.